The Bertz CT molecular complexity index is 586. The average molecular weight is 310 g/mol. The molecule has 0 saturated carbocycles. The molecule has 0 fully saturated rings. The van der Waals surface area contributed by atoms with E-state index in [0.717, 1.165) is 11.3 Å². The molecule has 1 unspecified atom stereocenters. The lowest BCUT2D eigenvalue weighted by Crippen LogP contribution is -2.14. The first-order valence-corrected chi connectivity index (χ1v) is 7.22. The number of hydrogen-bond acceptors (Lipinski definition) is 2. The maximum absolute atomic E-state index is 6.14. The van der Waals surface area contributed by atoms with E-state index < -0.39 is 0 Å². The molecule has 0 bridgehead atoms. The van der Waals surface area contributed by atoms with Gasteiger partial charge in [-0.05, 0) is 42.3 Å². The second-order valence-electron chi connectivity index (χ2n) is 4.73. The van der Waals surface area contributed by atoms with Crippen LogP contribution in [0.1, 0.15) is 23.6 Å². The zero-order valence-electron chi connectivity index (χ0n) is 11.3. The highest BCUT2D eigenvalue weighted by Crippen LogP contribution is 2.26. The molecule has 2 aromatic carbocycles. The molecule has 0 saturated heterocycles. The molecule has 0 aliphatic rings. The maximum Gasteiger partial charge on any atom is 0.119 e. The van der Waals surface area contributed by atoms with Crippen LogP contribution in [0, 0.1) is 6.92 Å². The lowest BCUT2D eigenvalue weighted by Gasteiger charge is -2.14. The van der Waals surface area contributed by atoms with E-state index in [4.69, 9.17) is 33.7 Å². The van der Waals surface area contributed by atoms with Crippen LogP contribution in [0.2, 0.25) is 10.0 Å². The summed E-state index contributed by atoms with van der Waals surface area (Å²) in [6, 6.07) is 13.2. The molecule has 0 radical (unpaired) electrons. The van der Waals surface area contributed by atoms with Gasteiger partial charge in [0, 0.05) is 22.5 Å². The standard InChI is InChI=1S/C16H17Cl2NO/c1-11-3-2-4-13(9-11)20-8-7-16(19)14-6-5-12(17)10-15(14)18/h2-6,9-10,16H,7-8,19H2,1H3. The zero-order chi connectivity index (χ0) is 14.5. The van der Waals surface area contributed by atoms with Gasteiger partial charge in [0.15, 0.2) is 0 Å². The highest BCUT2D eigenvalue weighted by molar-refractivity contribution is 6.35. The minimum Gasteiger partial charge on any atom is -0.494 e. The fraction of sp³-hybridized carbons (Fsp3) is 0.250. The van der Waals surface area contributed by atoms with Crippen LogP contribution >= 0.6 is 23.2 Å². The van der Waals surface area contributed by atoms with Gasteiger partial charge in [-0.1, -0.05) is 41.4 Å². The molecule has 20 heavy (non-hydrogen) atoms. The van der Waals surface area contributed by atoms with Crippen molar-refractivity contribution in [2.24, 2.45) is 5.73 Å². The molecule has 4 heteroatoms. The van der Waals surface area contributed by atoms with Gasteiger partial charge in [0.05, 0.1) is 6.61 Å². The summed E-state index contributed by atoms with van der Waals surface area (Å²) in [5.74, 6) is 0.861. The highest BCUT2D eigenvalue weighted by atomic mass is 35.5. The smallest absolute Gasteiger partial charge is 0.119 e. The Morgan fingerprint density at radius 1 is 1.15 bits per heavy atom. The van der Waals surface area contributed by atoms with Crippen molar-refractivity contribution in [1.29, 1.82) is 0 Å². The topological polar surface area (TPSA) is 35.2 Å². The van der Waals surface area contributed by atoms with Crippen molar-refractivity contribution in [2.75, 3.05) is 6.61 Å². The van der Waals surface area contributed by atoms with E-state index in [1.165, 1.54) is 5.56 Å². The summed E-state index contributed by atoms with van der Waals surface area (Å²) in [5, 5.41) is 1.21. The van der Waals surface area contributed by atoms with Gasteiger partial charge in [-0.3, -0.25) is 0 Å². The molecule has 0 heterocycles. The third kappa shape index (κ3) is 4.14. The normalized spacial score (nSPS) is 12.2. The van der Waals surface area contributed by atoms with Crippen LogP contribution in [0.5, 0.6) is 5.75 Å². The third-order valence-electron chi connectivity index (χ3n) is 3.05. The molecular formula is C16H17Cl2NO. The summed E-state index contributed by atoms with van der Waals surface area (Å²) < 4.78 is 5.69. The Balaban J connectivity index is 1.90. The number of benzene rings is 2. The molecule has 0 aliphatic carbocycles. The van der Waals surface area contributed by atoms with Crippen LogP contribution in [0.3, 0.4) is 0 Å². The Labute approximate surface area is 129 Å². The lowest BCUT2D eigenvalue weighted by molar-refractivity contribution is 0.298. The first-order chi connectivity index (χ1) is 9.56. The summed E-state index contributed by atoms with van der Waals surface area (Å²) >= 11 is 12.0. The van der Waals surface area contributed by atoms with Crippen molar-refractivity contribution in [2.45, 2.75) is 19.4 Å². The Morgan fingerprint density at radius 2 is 1.95 bits per heavy atom. The van der Waals surface area contributed by atoms with E-state index in [1.54, 1.807) is 12.1 Å². The summed E-state index contributed by atoms with van der Waals surface area (Å²) in [7, 11) is 0. The summed E-state index contributed by atoms with van der Waals surface area (Å²) in [6.45, 7) is 2.58. The van der Waals surface area contributed by atoms with Crippen LogP contribution in [-0.2, 0) is 0 Å². The molecule has 106 valence electrons. The van der Waals surface area contributed by atoms with Crippen LogP contribution in [0.25, 0.3) is 0 Å². The summed E-state index contributed by atoms with van der Waals surface area (Å²) in [6.07, 6.45) is 0.690. The van der Waals surface area contributed by atoms with Gasteiger partial charge in [0.25, 0.3) is 0 Å². The zero-order valence-corrected chi connectivity index (χ0v) is 12.8. The van der Waals surface area contributed by atoms with Gasteiger partial charge in [0.1, 0.15) is 5.75 Å². The minimum absolute atomic E-state index is 0.162. The molecule has 2 nitrogen and oxygen atoms in total. The van der Waals surface area contributed by atoms with Crippen LogP contribution < -0.4 is 10.5 Å². The van der Waals surface area contributed by atoms with E-state index >= 15 is 0 Å². The molecule has 1 atom stereocenters. The first-order valence-electron chi connectivity index (χ1n) is 6.46. The van der Waals surface area contributed by atoms with Crippen molar-refractivity contribution in [3.8, 4) is 5.75 Å². The van der Waals surface area contributed by atoms with E-state index in [-0.39, 0.29) is 6.04 Å². The summed E-state index contributed by atoms with van der Waals surface area (Å²) in [5.41, 5.74) is 8.20. The number of rotatable bonds is 5. The predicted molar refractivity (Wildman–Crippen MR) is 84.7 cm³/mol. The van der Waals surface area contributed by atoms with Crippen LogP contribution in [0.4, 0.5) is 0 Å². The molecule has 2 N–H and O–H groups in total. The average Bonchev–Trinajstić information content (AvgIpc) is 2.38. The molecule has 0 aliphatic heterocycles. The van der Waals surface area contributed by atoms with Crippen molar-refractivity contribution >= 4 is 23.2 Å². The number of aryl methyl sites for hydroxylation is 1. The molecular weight excluding hydrogens is 293 g/mol. The largest absolute Gasteiger partial charge is 0.494 e. The summed E-state index contributed by atoms with van der Waals surface area (Å²) in [4.78, 5) is 0. The lowest BCUT2D eigenvalue weighted by atomic mass is 10.1. The van der Waals surface area contributed by atoms with Gasteiger partial charge < -0.3 is 10.5 Å². The minimum atomic E-state index is -0.162. The molecule has 0 aromatic heterocycles. The van der Waals surface area contributed by atoms with E-state index in [1.807, 2.05) is 37.3 Å². The highest BCUT2D eigenvalue weighted by Gasteiger charge is 2.10. The Hall–Kier alpha value is -1.22. The number of halogens is 2. The number of nitrogens with two attached hydrogens (primary N) is 1. The molecule has 0 amide bonds. The number of ether oxygens (including phenoxy) is 1. The van der Waals surface area contributed by atoms with Gasteiger partial charge in [0.2, 0.25) is 0 Å². The van der Waals surface area contributed by atoms with Crippen LogP contribution in [-0.4, -0.2) is 6.61 Å². The molecule has 2 rings (SSSR count). The maximum atomic E-state index is 6.14. The van der Waals surface area contributed by atoms with Crippen molar-refractivity contribution in [3.63, 3.8) is 0 Å². The monoisotopic (exact) mass is 309 g/mol. The fourth-order valence-electron chi connectivity index (χ4n) is 1.97. The van der Waals surface area contributed by atoms with E-state index in [2.05, 4.69) is 0 Å². The SMILES string of the molecule is Cc1cccc(OCCC(N)c2ccc(Cl)cc2Cl)c1. The van der Waals surface area contributed by atoms with Crippen LogP contribution in [0.15, 0.2) is 42.5 Å². The second kappa shape index (κ2) is 6.98. The third-order valence-corrected chi connectivity index (χ3v) is 3.61. The van der Waals surface area contributed by atoms with Crippen molar-refractivity contribution in [3.05, 3.63) is 63.6 Å². The Morgan fingerprint density at radius 3 is 2.65 bits per heavy atom. The predicted octanol–water partition coefficient (Wildman–Crippen LogP) is 4.77. The Kier molecular flexibility index (Phi) is 5.30. The quantitative estimate of drug-likeness (QED) is 0.863. The van der Waals surface area contributed by atoms with Gasteiger partial charge in [-0.15, -0.1) is 0 Å². The second-order valence-corrected chi connectivity index (χ2v) is 5.57. The van der Waals surface area contributed by atoms with Crippen molar-refractivity contribution in [1.82, 2.24) is 0 Å². The molecule has 0 spiro atoms. The van der Waals surface area contributed by atoms with Gasteiger partial charge >= 0.3 is 0 Å². The molecule has 2 aromatic rings. The van der Waals surface area contributed by atoms with Crippen molar-refractivity contribution < 1.29 is 4.74 Å². The van der Waals surface area contributed by atoms with E-state index in [0.29, 0.717) is 23.1 Å². The first kappa shape index (κ1) is 15.2. The fourth-order valence-corrected chi connectivity index (χ4v) is 2.52. The van der Waals surface area contributed by atoms with Gasteiger partial charge in [-0.25, -0.2) is 0 Å². The van der Waals surface area contributed by atoms with E-state index in [9.17, 15) is 0 Å². The number of hydrogen-bond donors (Lipinski definition) is 1. The van der Waals surface area contributed by atoms with Gasteiger partial charge in [-0.2, -0.15) is 0 Å².